The zero-order valence-electron chi connectivity index (χ0n) is 16.2. The number of aryl methyl sites for hydroxylation is 1. The lowest BCUT2D eigenvalue weighted by molar-refractivity contribution is 0.0706. The first-order chi connectivity index (χ1) is 13.6. The first-order valence-corrected chi connectivity index (χ1v) is 9.64. The number of nitrogens with one attached hydrogen (secondary N) is 1. The summed E-state index contributed by atoms with van der Waals surface area (Å²) in [6, 6.07) is 3.90. The molecule has 3 heterocycles. The smallest absolute Gasteiger partial charge is 0.256 e. The summed E-state index contributed by atoms with van der Waals surface area (Å²) in [5.74, 6) is 0.257. The van der Waals surface area contributed by atoms with E-state index in [1.165, 1.54) is 19.0 Å². The normalized spacial score (nSPS) is 16.4. The van der Waals surface area contributed by atoms with Gasteiger partial charge in [-0.3, -0.25) is 14.6 Å². The molecule has 0 saturated heterocycles. The highest BCUT2D eigenvalue weighted by Crippen LogP contribution is 2.33. The fourth-order valence-corrected chi connectivity index (χ4v) is 4.04. The van der Waals surface area contributed by atoms with Crippen molar-refractivity contribution >= 4 is 11.8 Å². The molecule has 1 N–H and O–H groups in total. The fourth-order valence-electron chi connectivity index (χ4n) is 4.04. The van der Waals surface area contributed by atoms with Crippen LogP contribution in [0.4, 0.5) is 0 Å². The number of carbonyl (C=O) groups is 2. The van der Waals surface area contributed by atoms with Crippen LogP contribution < -0.4 is 10.1 Å². The van der Waals surface area contributed by atoms with Crippen LogP contribution in [0.2, 0.25) is 0 Å². The van der Waals surface area contributed by atoms with Crippen molar-refractivity contribution in [1.29, 1.82) is 0 Å². The van der Waals surface area contributed by atoms with Crippen molar-refractivity contribution in [3.63, 3.8) is 0 Å². The molecule has 146 valence electrons. The molecular weight excluding hydrogens is 356 g/mol. The van der Waals surface area contributed by atoms with Gasteiger partial charge in [0.2, 0.25) is 5.88 Å². The van der Waals surface area contributed by atoms with Gasteiger partial charge in [0.05, 0.1) is 30.5 Å². The number of rotatable bonds is 5. The van der Waals surface area contributed by atoms with Gasteiger partial charge in [-0.15, -0.1) is 0 Å². The van der Waals surface area contributed by atoms with Gasteiger partial charge in [-0.05, 0) is 37.5 Å². The van der Waals surface area contributed by atoms with E-state index in [1.54, 1.807) is 19.4 Å². The summed E-state index contributed by atoms with van der Waals surface area (Å²) in [6.45, 7) is 2.66. The minimum absolute atomic E-state index is 0.0347. The maximum atomic E-state index is 12.9. The van der Waals surface area contributed by atoms with Crippen LogP contribution in [0, 0.1) is 6.92 Å². The summed E-state index contributed by atoms with van der Waals surface area (Å²) in [6.07, 6.45) is 7.70. The van der Waals surface area contributed by atoms with Gasteiger partial charge in [0.25, 0.3) is 11.8 Å². The molecule has 4 rings (SSSR count). The number of amides is 2. The number of aromatic nitrogens is 2. The number of ether oxygens (including phenoxy) is 1. The Hall–Kier alpha value is -2.96. The Morgan fingerprint density at radius 3 is 2.79 bits per heavy atom. The van der Waals surface area contributed by atoms with Gasteiger partial charge in [0.15, 0.2) is 0 Å². The van der Waals surface area contributed by atoms with Gasteiger partial charge in [-0.2, -0.15) is 0 Å². The third-order valence-electron chi connectivity index (χ3n) is 5.49. The Labute approximate surface area is 164 Å². The first kappa shape index (κ1) is 18.4. The molecule has 0 atom stereocenters. The van der Waals surface area contributed by atoms with Crippen LogP contribution in [0.5, 0.6) is 5.88 Å². The molecule has 0 aromatic carbocycles. The molecule has 7 nitrogen and oxygen atoms in total. The van der Waals surface area contributed by atoms with Crippen LogP contribution in [-0.4, -0.2) is 39.8 Å². The number of carbonyl (C=O) groups excluding carboxylic acids is 2. The lowest BCUT2D eigenvalue weighted by Gasteiger charge is -2.22. The fraction of sp³-hybridized carbons (Fsp3) is 0.429. The van der Waals surface area contributed by atoms with E-state index in [-0.39, 0.29) is 18.4 Å². The molecular formula is C21H24N4O3. The van der Waals surface area contributed by atoms with E-state index in [4.69, 9.17) is 4.74 Å². The van der Waals surface area contributed by atoms with E-state index in [2.05, 4.69) is 15.3 Å². The Morgan fingerprint density at radius 2 is 2.07 bits per heavy atom. The van der Waals surface area contributed by atoms with Crippen LogP contribution in [0.3, 0.4) is 0 Å². The number of methoxy groups -OCH3 is 1. The molecule has 2 amide bonds. The quantitative estimate of drug-likeness (QED) is 0.862. The van der Waals surface area contributed by atoms with E-state index < -0.39 is 0 Å². The molecule has 7 heteroatoms. The average molecular weight is 380 g/mol. The van der Waals surface area contributed by atoms with E-state index >= 15 is 0 Å². The van der Waals surface area contributed by atoms with Crippen molar-refractivity contribution in [2.24, 2.45) is 0 Å². The van der Waals surface area contributed by atoms with Gasteiger partial charge in [-0.1, -0.05) is 12.8 Å². The highest BCUT2D eigenvalue weighted by Gasteiger charge is 2.35. The zero-order chi connectivity index (χ0) is 19.7. The number of hydrogen-bond donors (Lipinski definition) is 1. The molecule has 28 heavy (non-hydrogen) atoms. The lowest BCUT2D eigenvalue weighted by Crippen LogP contribution is -2.33. The second-order valence-electron chi connectivity index (χ2n) is 7.46. The standard InChI is InChI=1S/C21H24N4O3/c1-13-7-14(10-22-9-13)19(26)23-11-15-8-17-18(24-20(15)28-2)12-25(21(17)27)16-5-3-4-6-16/h7-10,16H,3-6,11-12H2,1-2H3,(H,23,26). The summed E-state index contributed by atoms with van der Waals surface area (Å²) >= 11 is 0. The van der Waals surface area contributed by atoms with Crippen molar-refractivity contribution in [2.45, 2.75) is 51.7 Å². The molecule has 1 saturated carbocycles. The number of hydrogen-bond acceptors (Lipinski definition) is 5. The first-order valence-electron chi connectivity index (χ1n) is 9.64. The van der Waals surface area contributed by atoms with E-state index in [9.17, 15) is 9.59 Å². The predicted molar refractivity (Wildman–Crippen MR) is 103 cm³/mol. The van der Waals surface area contributed by atoms with Crippen LogP contribution >= 0.6 is 0 Å². The Bertz CT molecular complexity index is 922. The third kappa shape index (κ3) is 3.44. The summed E-state index contributed by atoms with van der Waals surface area (Å²) < 4.78 is 5.42. The monoisotopic (exact) mass is 380 g/mol. The SMILES string of the molecule is COc1nc2c(cc1CNC(=O)c1cncc(C)c1)C(=O)N(C1CCCC1)C2. The molecule has 0 unspecified atom stereocenters. The van der Waals surface area contributed by atoms with Gasteiger partial charge in [-0.25, -0.2) is 4.98 Å². The van der Waals surface area contributed by atoms with Crippen molar-refractivity contribution in [3.05, 3.63) is 52.5 Å². The Morgan fingerprint density at radius 1 is 1.29 bits per heavy atom. The van der Waals surface area contributed by atoms with E-state index in [1.807, 2.05) is 17.9 Å². The molecule has 2 aromatic heterocycles. The van der Waals surface area contributed by atoms with Gasteiger partial charge >= 0.3 is 0 Å². The van der Waals surface area contributed by atoms with Gasteiger partial charge in [0.1, 0.15) is 0 Å². The van der Waals surface area contributed by atoms with E-state index in [0.29, 0.717) is 35.2 Å². The van der Waals surface area contributed by atoms with E-state index in [0.717, 1.165) is 24.1 Å². The number of nitrogens with zero attached hydrogens (tertiary/aromatic N) is 3. The minimum Gasteiger partial charge on any atom is -0.481 e. The van der Waals surface area contributed by atoms with Crippen molar-refractivity contribution in [3.8, 4) is 5.88 Å². The highest BCUT2D eigenvalue weighted by atomic mass is 16.5. The lowest BCUT2D eigenvalue weighted by atomic mass is 10.1. The summed E-state index contributed by atoms with van der Waals surface area (Å²) in [5, 5.41) is 2.87. The van der Waals surface area contributed by atoms with Crippen LogP contribution in [0.25, 0.3) is 0 Å². The number of fused-ring (bicyclic) bond motifs is 1. The maximum absolute atomic E-state index is 12.9. The second-order valence-corrected chi connectivity index (χ2v) is 7.46. The average Bonchev–Trinajstić information content (AvgIpc) is 3.33. The van der Waals surface area contributed by atoms with Gasteiger partial charge < -0.3 is 15.0 Å². The van der Waals surface area contributed by atoms with Crippen LogP contribution in [0.1, 0.15) is 63.2 Å². The van der Waals surface area contributed by atoms with Gasteiger partial charge in [0, 0.05) is 30.5 Å². The van der Waals surface area contributed by atoms with Crippen molar-refractivity contribution < 1.29 is 14.3 Å². The minimum atomic E-state index is -0.224. The topological polar surface area (TPSA) is 84.4 Å². The summed E-state index contributed by atoms with van der Waals surface area (Å²) in [5.41, 5.74) is 3.48. The third-order valence-corrected chi connectivity index (χ3v) is 5.49. The second kappa shape index (κ2) is 7.58. The Balaban J connectivity index is 1.52. The molecule has 2 aliphatic rings. The van der Waals surface area contributed by atoms with Crippen LogP contribution in [-0.2, 0) is 13.1 Å². The van der Waals surface area contributed by atoms with Crippen LogP contribution in [0.15, 0.2) is 24.5 Å². The highest BCUT2D eigenvalue weighted by molar-refractivity contribution is 5.98. The number of pyridine rings is 2. The van der Waals surface area contributed by atoms with Crippen molar-refractivity contribution in [1.82, 2.24) is 20.2 Å². The molecule has 1 fully saturated rings. The maximum Gasteiger partial charge on any atom is 0.256 e. The summed E-state index contributed by atoms with van der Waals surface area (Å²) in [7, 11) is 1.55. The molecule has 2 aromatic rings. The Kier molecular flexibility index (Phi) is 4.98. The molecule has 1 aliphatic heterocycles. The predicted octanol–water partition coefficient (Wildman–Crippen LogP) is 2.62. The molecule has 0 spiro atoms. The summed E-state index contributed by atoms with van der Waals surface area (Å²) in [4.78, 5) is 35.8. The zero-order valence-corrected chi connectivity index (χ0v) is 16.2. The largest absolute Gasteiger partial charge is 0.481 e. The molecule has 1 aliphatic carbocycles. The molecule has 0 bridgehead atoms. The molecule has 0 radical (unpaired) electrons. The van der Waals surface area contributed by atoms with Crippen molar-refractivity contribution in [2.75, 3.05) is 7.11 Å².